The van der Waals surface area contributed by atoms with E-state index in [1.807, 2.05) is 4.72 Å². The van der Waals surface area contributed by atoms with Crippen molar-refractivity contribution in [1.29, 1.82) is 0 Å². The molecule has 23 heavy (non-hydrogen) atoms. The number of sulfonamides is 1. The van der Waals surface area contributed by atoms with E-state index >= 15 is 0 Å². The van der Waals surface area contributed by atoms with Crippen molar-refractivity contribution in [2.24, 2.45) is 0 Å². The molecule has 0 saturated heterocycles. The second kappa shape index (κ2) is 6.20. The zero-order valence-corrected chi connectivity index (χ0v) is 13.9. The number of nitro groups is 1. The maximum atomic E-state index is 13.8. The molecule has 0 fully saturated rings. The minimum Gasteiger partial charge on any atom is -0.275 e. The van der Waals surface area contributed by atoms with Crippen molar-refractivity contribution in [1.82, 2.24) is 0 Å². The summed E-state index contributed by atoms with van der Waals surface area (Å²) in [7, 11) is -4.30. The lowest BCUT2D eigenvalue weighted by atomic mass is 10.2. The predicted molar refractivity (Wildman–Crippen MR) is 82.7 cm³/mol. The van der Waals surface area contributed by atoms with E-state index in [-0.39, 0.29) is 14.9 Å². The predicted octanol–water partition coefficient (Wildman–Crippen LogP) is 3.74. The van der Waals surface area contributed by atoms with Crippen LogP contribution in [0.4, 0.5) is 20.2 Å². The molecule has 0 radical (unpaired) electrons. The molecule has 0 aliphatic heterocycles. The molecule has 6 nitrogen and oxygen atoms in total. The zero-order valence-electron chi connectivity index (χ0n) is 11.5. The standard InChI is InChI=1S/C13H9BrF2N2O4S/c1-7-2-3-9(18(19)20)6-12(7)23(21,22)17-13-10(14)4-8(15)5-11(13)16/h2-6,17H,1H3. The first-order valence-electron chi connectivity index (χ1n) is 6.04. The second-order valence-corrected chi connectivity index (χ2v) is 7.06. The molecule has 10 heteroatoms. The number of nitro benzene ring substituents is 1. The van der Waals surface area contributed by atoms with E-state index in [9.17, 15) is 27.3 Å². The van der Waals surface area contributed by atoms with E-state index in [0.29, 0.717) is 6.07 Å². The fourth-order valence-electron chi connectivity index (χ4n) is 1.82. The van der Waals surface area contributed by atoms with Crippen LogP contribution in [0.5, 0.6) is 0 Å². The second-order valence-electron chi connectivity index (χ2n) is 4.56. The van der Waals surface area contributed by atoms with Crippen molar-refractivity contribution < 1.29 is 22.1 Å². The zero-order chi connectivity index (χ0) is 17.4. The van der Waals surface area contributed by atoms with Gasteiger partial charge >= 0.3 is 0 Å². The van der Waals surface area contributed by atoms with Gasteiger partial charge < -0.3 is 0 Å². The lowest BCUT2D eigenvalue weighted by Crippen LogP contribution is -2.16. The van der Waals surface area contributed by atoms with Gasteiger partial charge in [0.15, 0.2) is 5.82 Å². The third-order valence-electron chi connectivity index (χ3n) is 2.92. The third-order valence-corrected chi connectivity index (χ3v) is 5.03. The van der Waals surface area contributed by atoms with Gasteiger partial charge in [-0.05, 0) is 34.5 Å². The molecule has 0 heterocycles. The minimum atomic E-state index is -4.30. The topological polar surface area (TPSA) is 89.3 Å². The van der Waals surface area contributed by atoms with Gasteiger partial charge in [-0.15, -0.1) is 0 Å². The van der Waals surface area contributed by atoms with Crippen LogP contribution in [-0.2, 0) is 10.0 Å². The number of rotatable bonds is 4. The quantitative estimate of drug-likeness (QED) is 0.618. The fraction of sp³-hybridized carbons (Fsp3) is 0.0769. The summed E-state index contributed by atoms with van der Waals surface area (Å²) < 4.78 is 53.4. The molecule has 0 amide bonds. The van der Waals surface area contributed by atoms with Crippen LogP contribution in [0, 0.1) is 28.7 Å². The van der Waals surface area contributed by atoms with E-state index in [2.05, 4.69) is 15.9 Å². The normalized spacial score (nSPS) is 11.3. The number of anilines is 1. The van der Waals surface area contributed by atoms with Crippen molar-refractivity contribution in [2.75, 3.05) is 4.72 Å². The molecule has 0 atom stereocenters. The van der Waals surface area contributed by atoms with E-state index in [1.165, 1.54) is 13.0 Å². The average molecular weight is 407 g/mol. The Morgan fingerprint density at radius 2 is 1.87 bits per heavy atom. The Labute approximate surface area is 138 Å². The number of hydrogen-bond donors (Lipinski definition) is 1. The van der Waals surface area contributed by atoms with Crippen LogP contribution in [0.1, 0.15) is 5.56 Å². The lowest BCUT2D eigenvalue weighted by molar-refractivity contribution is -0.385. The van der Waals surface area contributed by atoms with Crippen LogP contribution in [0.25, 0.3) is 0 Å². The third kappa shape index (κ3) is 3.64. The molecule has 0 bridgehead atoms. The van der Waals surface area contributed by atoms with Crippen LogP contribution in [0.15, 0.2) is 39.7 Å². The number of nitrogens with zero attached hydrogens (tertiary/aromatic N) is 1. The molecular formula is C13H9BrF2N2O4S. The Morgan fingerprint density at radius 3 is 2.43 bits per heavy atom. The molecule has 0 saturated carbocycles. The Bertz CT molecular complexity index is 880. The summed E-state index contributed by atoms with van der Waals surface area (Å²) >= 11 is 2.86. The maximum absolute atomic E-state index is 13.8. The van der Waals surface area contributed by atoms with Crippen molar-refractivity contribution >= 4 is 37.3 Å². The van der Waals surface area contributed by atoms with Crippen LogP contribution in [0.2, 0.25) is 0 Å². The molecule has 2 aromatic carbocycles. The first kappa shape index (κ1) is 17.3. The van der Waals surface area contributed by atoms with Gasteiger partial charge in [-0.25, -0.2) is 17.2 Å². The van der Waals surface area contributed by atoms with Gasteiger partial charge in [0, 0.05) is 22.7 Å². The Balaban J connectivity index is 2.52. The number of non-ortho nitro benzene ring substituents is 1. The molecule has 2 aromatic rings. The van der Waals surface area contributed by atoms with Crippen molar-refractivity contribution in [3.63, 3.8) is 0 Å². The first-order chi connectivity index (χ1) is 10.6. The molecular weight excluding hydrogens is 398 g/mol. The van der Waals surface area contributed by atoms with E-state index in [4.69, 9.17) is 0 Å². The molecule has 0 aliphatic rings. The molecule has 122 valence electrons. The fourth-order valence-corrected chi connectivity index (χ4v) is 3.81. The Hall–Kier alpha value is -2.07. The highest BCUT2D eigenvalue weighted by atomic mass is 79.9. The molecule has 2 rings (SSSR count). The average Bonchev–Trinajstić information content (AvgIpc) is 2.42. The number of aryl methyl sites for hydroxylation is 1. The largest absolute Gasteiger partial charge is 0.275 e. The summed E-state index contributed by atoms with van der Waals surface area (Å²) in [6.07, 6.45) is 0. The van der Waals surface area contributed by atoms with Gasteiger partial charge in [0.05, 0.1) is 15.5 Å². The highest BCUT2D eigenvalue weighted by molar-refractivity contribution is 9.10. The van der Waals surface area contributed by atoms with E-state index in [0.717, 1.165) is 18.2 Å². The number of hydrogen-bond acceptors (Lipinski definition) is 4. The molecule has 1 N–H and O–H groups in total. The molecule has 0 unspecified atom stereocenters. The Morgan fingerprint density at radius 1 is 1.22 bits per heavy atom. The van der Waals surface area contributed by atoms with Gasteiger partial charge in [0.25, 0.3) is 15.7 Å². The summed E-state index contributed by atoms with van der Waals surface area (Å²) in [5, 5.41) is 10.8. The van der Waals surface area contributed by atoms with Crippen molar-refractivity contribution in [3.8, 4) is 0 Å². The smallest absolute Gasteiger partial charge is 0.270 e. The van der Waals surface area contributed by atoms with Crippen LogP contribution < -0.4 is 4.72 Å². The van der Waals surface area contributed by atoms with Crippen LogP contribution in [-0.4, -0.2) is 13.3 Å². The SMILES string of the molecule is Cc1ccc([N+](=O)[O-])cc1S(=O)(=O)Nc1c(F)cc(F)cc1Br. The van der Waals surface area contributed by atoms with Crippen LogP contribution in [0.3, 0.4) is 0 Å². The minimum absolute atomic E-state index is 0.137. The van der Waals surface area contributed by atoms with Crippen LogP contribution >= 0.6 is 15.9 Å². The summed E-state index contributed by atoms with van der Waals surface area (Å²) in [6, 6.07) is 4.70. The molecule has 0 aliphatic carbocycles. The number of halogens is 3. The lowest BCUT2D eigenvalue weighted by Gasteiger charge is -2.12. The highest BCUT2D eigenvalue weighted by Gasteiger charge is 2.23. The summed E-state index contributed by atoms with van der Waals surface area (Å²) in [5.41, 5.74) is -0.673. The molecule has 0 spiro atoms. The maximum Gasteiger partial charge on any atom is 0.270 e. The Kier molecular flexibility index (Phi) is 4.66. The van der Waals surface area contributed by atoms with Gasteiger partial charge in [0.1, 0.15) is 5.82 Å². The first-order valence-corrected chi connectivity index (χ1v) is 8.32. The summed E-state index contributed by atoms with van der Waals surface area (Å²) in [4.78, 5) is 9.66. The summed E-state index contributed by atoms with van der Waals surface area (Å²) in [5.74, 6) is -2.01. The highest BCUT2D eigenvalue weighted by Crippen LogP contribution is 2.30. The monoisotopic (exact) mass is 406 g/mol. The van der Waals surface area contributed by atoms with E-state index < -0.39 is 38.0 Å². The van der Waals surface area contributed by atoms with Crippen molar-refractivity contribution in [3.05, 3.63) is 62.1 Å². The van der Waals surface area contributed by atoms with Gasteiger partial charge in [-0.2, -0.15) is 0 Å². The van der Waals surface area contributed by atoms with Gasteiger partial charge in [-0.1, -0.05) is 6.07 Å². The summed E-state index contributed by atoms with van der Waals surface area (Å²) in [6.45, 7) is 1.44. The molecule has 0 aromatic heterocycles. The number of benzene rings is 2. The van der Waals surface area contributed by atoms with Gasteiger partial charge in [0.2, 0.25) is 0 Å². The van der Waals surface area contributed by atoms with E-state index in [1.54, 1.807) is 0 Å². The van der Waals surface area contributed by atoms with Gasteiger partial charge in [-0.3, -0.25) is 14.8 Å². The number of nitrogens with one attached hydrogen (secondary N) is 1. The van der Waals surface area contributed by atoms with Crippen molar-refractivity contribution in [2.45, 2.75) is 11.8 Å².